The predicted octanol–water partition coefficient (Wildman–Crippen LogP) is 1.80. The molecule has 0 saturated heterocycles. The molecule has 0 saturated carbocycles. The van der Waals surface area contributed by atoms with Crippen molar-refractivity contribution in [3.05, 3.63) is 47.5 Å². The van der Waals surface area contributed by atoms with E-state index in [1.165, 1.54) is 7.11 Å². The summed E-state index contributed by atoms with van der Waals surface area (Å²) in [4.78, 5) is 16.0. The molecule has 100 valence electrons. The first-order valence-electron chi connectivity index (χ1n) is 5.76. The van der Waals surface area contributed by atoms with Crippen molar-refractivity contribution in [3.63, 3.8) is 0 Å². The number of benzene rings is 1. The number of nitrogens with two attached hydrogens (primary N) is 1. The number of amides is 1. The molecule has 0 atom stereocenters. The van der Waals surface area contributed by atoms with Gasteiger partial charge in [0.25, 0.3) is 5.91 Å². The van der Waals surface area contributed by atoms with Crippen molar-refractivity contribution >= 4 is 17.4 Å². The topological polar surface area (TPSA) is 101 Å². The smallest absolute Gasteiger partial charge is 0.259 e. The molecule has 0 fully saturated rings. The SMILES string of the molecule is COc1ccc(C(=O)Nc2ccc(C#N)cc2)c(N)n1. The standard InChI is InChI=1S/C14H12N4O2/c1-20-12-7-6-11(13(16)18-12)14(19)17-10-4-2-9(8-15)3-5-10/h2-7H,1H3,(H2,16,18)(H,17,19). The van der Waals surface area contributed by atoms with Crippen molar-refractivity contribution in [2.24, 2.45) is 0 Å². The first-order valence-corrected chi connectivity index (χ1v) is 5.76. The van der Waals surface area contributed by atoms with Gasteiger partial charge in [0.2, 0.25) is 5.88 Å². The minimum absolute atomic E-state index is 0.0931. The average Bonchev–Trinajstić information content (AvgIpc) is 2.47. The summed E-state index contributed by atoms with van der Waals surface area (Å²) in [5.74, 6) is 0.0651. The Bertz CT molecular complexity index is 675. The largest absolute Gasteiger partial charge is 0.481 e. The zero-order valence-electron chi connectivity index (χ0n) is 10.8. The molecule has 1 heterocycles. The number of anilines is 2. The van der Waals surface area contributed by atoms with E-state index in [0.29, 0.717) is 17.1 Å². The lowest BCUT2D eigenvalue weighted by Gasteiger charge is -2.08. The van der Waals surface area contributed by atoms with Crippen LogP contribution >= 0.6 is 0 Å². The van der Waals surface area contributed by atoms with Crippen LogP contribution in [0, 0.1) is 11.3 Å². The van der Waals surface area contributed by atoms with Gasteiger partial charge in [-0.2, -0.15) is 10.2 Å². The summed E-state index contributed by atoms with van der Waals surface area (Å²) in [6.45, 7) is 0. The molecular weight excluding hydrogens is 256 g/mol. The Hall–Kier alpha value is -3.07. The lowest BCUT2D eigenvalue weighted by molar-refractivity contribution is 0.102. The summed E-state index contributed by atoms with van der Waals surface area (Å²) < 4.78 is 4.92. The number of methoxy groups -OCH3 is 1. The van der Waals surface area contributed by atoms with Crippen LogP contribution < -0.4 is 15.8 Å². The van der Waals surface area contributed by atoms with Crippen LogP contribution in [0.5, 0.6) is 5.88 Å². The van der Waals surface area contributed by atoms with Crippen LogP contribution in [0.25, 0.3) is 0 Å². The third kappa shape index (κ3) is 2.84. The van der Waals surface area contributed by atoms with E-state index >= 15 is 0 Å². The summed E-state index contributed by atoms with van der Waals surface area (Å²) in [7, 11) is 1.47. The number of hydrogen-bond acceptors (Lipinski definition) is 5. The third-order valence-corrected chi connectivity index (χ3v) is 2.62. The number of rotatable bonds is 3. The Morgan fingerprint density at radius 2 is 2.00 bits per heavy atom. The predicted molar refractivity (Wildman–Crippen MR) is 74.3 cm³/mol. The van der Waals surface area contributed by atoms with Gasteiger partial charge in [-0.25, -0.2) is 0 Å². The minimum atomic E-state index is -0.373. The second-order valence-electron chi connectivity index (χ2n) is 3.93. The van der Waals surface area contributed by atoms with Crippen LogP contribution in [0.15, 0.2) is 36.4 Å². The third-order valence-electron chi connectivity index (χ3n) is 2.62. The van der Waals surface area contributed by atoms with Gasteiger partial charge < -0.3 is 15.8 Å². The van der Waals surface area contributed by atoms with Gasteiger partial charge in [-0.3, -0.25) is 4.79 Å². The fourth-order valence-electron chi connectivity index (χ4n) is 1.59. The highest BCUT2D eigenvalue weighted by atomic mass is 16.5. The maximum Gasteiger partial charge on any atom is 0.259 e. The van der Waals surface area contributed by atoms with Crippen molar-refractivity contribution in [1.82, 2.24) is 4.98 Å². The first kappa shape index (κ1) is 13.4. The molecule has 0 radical (unpaired) electrons. The van der Waals surface area contributed by atoms with Crippen LogP contribution in [0.3, 0.4) is 0 Å². The van der Waals surface area contributed by atoms with Gasteiger partial charge >= 0.3 is 0 Å². The number of ether oxygens (including phenoxy) is 1. The summed E-state index contributed by atoms with van der Waals surface area (Å²) in [6, 6.07) is 11.6. The average molecular weight is 268 g/mol. The second-order valence-corrected chi connectivity index (χ2v) is 3.93. The number of carbonyl (C=O) groups excluding carboxylic acids is 1. The summed E-state index contributed by atoms with van der Waals surface area (Å²) in [6.07, 6.45) is 0. The van der Waals surface area contributed by atoms with Crippen LogP contribution in [0.1, 0.15) is 15.9 Å². The molecule has 20 heavy (non-hydrogen) atoms. The number of nitrogens with one attached hydrogen (secondary N) is 1. The highest BCUT2D eigenvalue weighted by Gasteiger charge is 2.12. The lowest BCUT2D eigenvalue weighted by Crippen LogP contribution is -2.15. The zero-order chi connectivity index (χ0) is 14.5. The Balaban J connectivity index is 2.17. The van der Waals surface area contributed by atoms with Gasteiger partial charge in [0.15, 0.2) is 0 Å². The molecule has 0 aliphatic heterocycles. The zero-order valence-corrected chi connectivity index (χ0v) is 10.8. The van der Waals surface area contributed by atoms with Gasteiger partial charge in [0.1, 0.15) is 5.82 Å². The summed E-state index contributed by atoms with van der Waals surface area (Å²) in [5.41, 5.74) is 7.06. The molecular formula is C14H12N4O2. The fourth-order valence-corrected chi connectivity index (χ4v) is 1.59. The van der Waals surface area contributed by atoms with E-state index in [9.17, 15) is 4.79 Å². The molecule has 3 N–H and O–H groups in total. The minimum Gasteiger partial charge on any atom is -0.481 e. The highest BCUT2D eigenvalue weighted by molar-refractivity contribution is 6.07. The molecule has 6 heteroatoms. The van der Waals surface area contributed by atoms with Gasteiger partial charge in [-0.15, -0.1) is 0 Å². The van der Waals surface area contributed by atoms with E-state index in [4.69, 9.17) is 15.7 Å². The second kappa shape index (κ2) is 5.71. The van der Waals surface area contributed by atoms with Crippen LogP contribution in [-0.4, -0.2) is 18.0 Å². The van der Waals surface area contributed by atoms with Crippen molar-refractivity contribution in [2.75, 3.05) is 18.2 Å². The Morgan fingerprint density at radius 1 is 1.30 bits per heavy atom. The van der Waals surface area contributed by atoms with E-state index < -0.39 is 0 Å². The molecule has 2 aromatic rings. The van der Waals surface area contributed by atoms with Crippen molar-refractivity contribution in [3.8, 4) is 11.9 Å². The van der Waals surface area contributed by atoms with E-state index in [1.807, 2.05) is 6.07 Å². The number of nitrogens with zero attached hydrogens (tertiary/aromatic N) is 2. The Kier molecular flexibility index (Phi) is 3.82. The maximum atomic E-state index is 12.1. The molecule has 2 rings (SSSR count). The molecule has 1 aromatic heterocycles. The maximum absolute atomic E-state index is 12.1. The monoisotopic (exact) mass is 268 g/mol. The van der Waals surface area contributed by atoms with E-state index in [1.54, 1.807) is 36.4 Å². The van der Waals surface area contributed by atoms with Crippen molar-refractivity contribution in [2.45, 2.75) is 0 Å². The van der Waals surface area contributed by atoms with E-state index in [2.05, 4.69) is 10.3 Å². The number of nitriles is 1. The Morgan fingerprint density at radius 3 is 2.55 bits per heavy atom. The molecule has 0 bridgehead atoms. The molecule has 0 aliphatic carbocycles. The number of hydrogen-bond donors (Lipinski definition) is 2. The molecule has 6 nitrogen and oxygen atoms in total. The van der Waals surface area contributed by atoms with E-state index in [-0.39, 0.29) is 17.3 Å². The number of nitrogen functional groups attached to an aromatic ring is 1. The van der Waals surface area contributed by atoms with Gasteiger partial charge in [0, 0.05) is 11.8 Å². The summed E-state index contributed by atoms with van der Waals surface area (Å²) >= 11 is 0. The first-order chi connectivity index (χ1) is 9.63. The highest BCUT2D eigenvalue weighted by Crippen LogP contribution is 2.17. The number of carbonyl (C=O) groups is 1. The summed E-state index contributed by atoms with van der Waals surface area (Å²) in [5, 5.41) is 11.4. The van der Waals surface area contributed by atoms with Crippen LogP contribution in [0.4, 0.5) is 11.5 Å². The molecule has 0 unspecified atom stereocenters. The van der Waals surface area contributed by atoms with Gasteiger partial charge in [0.05, 0.1) is 24.3 Å². The van der Waals surface area contributed by atoms with Crippen molar-refractivity contribution in [1.29, 1.82) is 5.26 Å². The number of aromatic nitrogens is 1. The van der Waals surface area contributed by atoms with Crippen LogP contribution in [-0.2, 0) is 0 Å². The van der Waals surface area contributed by atoms with Gasteiger partial charge in [-0.05, 0) is 30.3 Å². The quantitative estimate of drug-likeness (QED) is 0.883. The lowest BCUT2D eigenvalue weighted by atomic mass is 10.2. The van der Waals surface area contributed by atoms with Crippen LogP contribution in [0.2, 0.25) is 0 Å². The van der Waals surface area contributed by atoms with Gasteiger partial charge in [-0.1, -0.05) is 0 Å². The number of pyridine rings is 1. The Labute approximate surface area is 115 Å². The molecule has 1 aromatic carbocycles. The molecule has 1 amide bonds. The molecule has 0 spiro atoms. The van der Waals surface area contributed by atoms with Crippen molar-refractivity contribution < 1.29 is 9.53 Å². The van der Waals surface area contributed by atoms with E-state index in [0.717, 1.165) is 0 Å². The normalized spacial score (nSPS) is 9.60. The molecule has 0 aliphatic rings. The fraction of sp³-hybridized carbons (Fsp3) is 0.0714.